The van der Waals surface area contributed by atoms with Gasteiger partial charge in [0.1, 0.15) is 11.9 Å². The molecule has 3 N–H and O–H groups in total. The van der Waals surface area contributed by atoms with E-state index in [4.69, 9.17) is 16.7 Å². The molecule has 0 saturated carbocycles. The summed E-state index contributed by atoms with van der Waals surface area (Å²) >= 11 is 5.80. The van der Waals surface area contributed by atoms with Gasteiger partial charge in [0.2, 0.25) is 0 Å². The van der Waals surface area contributed by atoms with Gasteiger partial charge in [-0.3, -0.25) is 0 Å². The van der Waals surface area contributed by atoms with Crippen LogP contribution in [0.1, 0.15) is 5.56 Å². The van der Waals surface area contributed by atoms with Crippen molar-refractivity contribution in [3.8, 4) is 5.75 Å². The molecule has 0 bridgehead atoms. The van der Waals surface area contributed by atoms with Gasteiger partial charge in [-0.25, -0.2) is 8.78 Å². The summed E-state index contributed by atoms with van der Waals surface area (Å²) in [6, 6.07) is 4.61. The summed E-state index contributed by atoms with van der Waals surface area (Å²) in [5, 5.41) is 21.2. The largest absolute Gasteiger partial charge is 0.508 e. The van der Waals surface area contributed by atoms with Gasteiger partial charge < -0.3 is 15.5 Å². The van der Waals surface area contributed by atoms with Crippen LogP contribution in [-0.4, -0.2) is 29.3 Å². The lowest BCUT2D eigenvalue weighted by atomic mass is 10.2. The van der Waals surface area contributed by atoms with Crippen molar-refractivity contribution in [3.05, 3.63) is 28.8 Å². The van der Waals surface area contributed by atoms with Crippen molar-refractivity contribution in [2.45, 2.75) is 19.1 Å². The van der Waals surface area contributed by atoms with E-state index in [-0.39, 0.29) is 18.8 Å². The van der Waals surface area contributed by atoms with Crippen LogP contribution in [0.15, 0.2) is 18.2 Å². The van der Waals surface area contributed by atoms with Gasteiger partial charge in [0.15, 0.2) is 0 Å². The van der Waals surface area contributed by atoms with Crippen LogP contribution in [0, 0.1) is 0 Å². The van der Waals surface area contributed by atoms with Crippen LogP contribution in [0.25, 0.3) is 0 Å². The number of halogens is 3. The smallest absolute Gasteiger partial charge is 0.265 e. The van der Waals surface area contributed by atoms with E-state index in [1.165, 1.54) is 6.07 Å². The van der Waals surface area contributed by atoms with Gasteiger partial charge in [0.05, 0.1) is 0 Å². The SMILES string of the molecule is Oc1cccc(Cl)c1CNCC(O)C(F)F. The zero-order chi connectivity index (χ0) is 12.1. The molecular formula is C10H12ClF2NO2. The van der Waals surface area contributed by atoms with E-state index < -0.39 is 12.5 Å². The van der Waals surface area contributed by atoms with Crippen molar-refractivity contribution < 1.29 is 19.0 Å². The third kappa shape index (κ3) is 3.59. The first-order chi connectivity index (χ1) is 7.52. The summed E-state index contributed by atoms with van der Waals surface area (Å²) in [7, 11) is 0. The number of hydrogen-bond donors (Lipinski definition) is 3. The lowest BCUT2D eigenvalue weighted by Gasteiger charge is -2.12. The van der Waals surface area contributed by atoms with Gasteiger partial charge in [-0.05, 0) is 12.1 Å². The van der Waals surface area contributed by atoms with Gasteiger partial charge in [0.25, 0.3) is 6.43 Å². The Hall–Kier alpha value is -0.910. The van der Waals surface area contributed by atoms with Gasteiger partial charge >= 0.3 is 0 Å². The average molecular weight is 252 g/mol. The Labute approximate surface area is 96.7 Å². The van der Waals surface area contributed by atoms with Crippen molar-refractivity contribution >= 4 is 11.6 Å². The van der Waals surface area contributed by atoms with Gasteiger partial charge in [-0.2, -0.15) is 0 Å². The second-order valence-electron chi connectivity index (χ2n) is 3.27. The van der Waals surface area contributed by atoms with Crippen molar-refractivity contribution in [3.63, 3.8) is 0 Å². The molecule has 1 atom stereocenters. The Morgan fingerprint density at radius 1 is 1.38 bits per heavy atom. The van der Waals surface area contributed by atoms with Gasteiger partial charge in [-0.1, -0.05) is 17.7 Å². The number of alkyl halides is 2. The van der Waals surface area contributed by atoms with Crippen LogP contribution < -0.4 is 5.32 Å². The summed E-state index contributed by atoms with van der Waals surface area (Å²) in [6.07, 6.45) is -4.50. The molecule has 0 amide bonds. The highest BCUT2D eigenvalue weighted by molar-refractivity contribution is 6.31. The molecule has 0 fully saturated rings. The number of rotatable bonds is 5. The Morgan fingerprint density at radius 2 is 2.06 bits per heavy atom. The molecule has 3 nitrogen and oxygen atoms in total. The number of aromatic hydroxyl groups is 1. The molecule has 6 heteroatoms. The van der Waals surface area contributed by atoms with Crippen LogP contribution in [0.2, 0.25) is 5.02 Å². The van der Waals surface area contributed by atoms with E-state index >= 15 is 0 Å². The standard InChI is InChI=1S/C10H12ClF2NO2/c11-7-2-1-3-8(15)6(7)4-14-5-9(16)10(12)13/h1-3,9-10,14-16H,4-5H2. The first-order valence-electron chi connectivity index (χ1n) is 4.65. The molecule has 90 valence electrons. The van der Waals surface area contributed by atoms with Crippen LogP contribution in [0.3, 0.4) is 0 Å². The fraction of sp³-hybridized carbons (Fsp3) is 0.400. The van der Waals surface area contributed by atoms with E-state index in [9.17, 15) is 13.9 Å². The lowest BCUT2D eigenvalue weighted by Crippen LogP contribution is -2.31. The third-order valence-corrected chi connectivity index (χ3v) is 2.39. The maximum Gasteiger partial charge on any atom is 0.265 e. The number of benzene rings is 1. The first kappa shape index (κ1) is 13.2. The Balaban J connectivity index is 2.49. The van der Waals surface area contributed by atoms with Crippen LogP contribution in [-0.2, 0) is 6.54 Å². The summed E-state index contributed by atoms with van der Waals surface area (Å²) in [4.78, 5) is 0. The molecule has 0 heterocycles. The van der Waals surface area contributed by atoms with Gasteiger partial charge in [-0.15, -0.1) is 0 Å². The van der Waals surface area contributed by atoms with Crippen LogP contribution >= 0.6 is 11.6 Å². The van der Waals surface area contributed by atoms with Crippen molar-refractivity contribution in [2.24, 2.45) is 0 Å². The number of phenols is 1. The minimum atomic E-state index is -2.78. The molecule has 1 aromatic rings. The molecule has 0 saturated heterocycles. The van der Waals surface area contributed by atoms with E-state index in [1.54, 1.807) is 12.1 Å². The fourth-order valence-corrected chi connectivity index (χ4v) is 1.39. The second kappa shape index (κ2) is 5.98. The monoisotopic (exact) mass is 251 g/mol. The summed E-state index contributed by atoms with van der Waals surface area (Å²) in [6.45, 7) is -0.141. The first-order valence-corrected chi connectivity index (χ1v) is 5.03. The predicted molar refractivity (Wildman–Crippen MR) is 56.8 cm³/mol. The maximum absolute atomic E-state index is 11.9. The molecule has 0 spiro atoms. The average Bonchev–Trinajstić information content (AvgIpc) is 2.22. The fourth-order valence-electron chi connectivity index (χ4n) is 1.16. The molecule has 0 aliphatic heterocycles. The highest BCUT2D eigenvalue weighted by Crippen LogP contribution is 2.24. The highest BCUT2D eigenvalue weighted by Gasteiger charge is 2.16. The number of aliphatic hydroxyl groups excluding tert-OH is 1. The Morgan fingerprint density at radius 3 is 2.62 bits per heavy atom. The normalized spacial score (nSPS) is 13.1. The minimum absolute atomic E-state index is 0.00784. The Kier molecular flexibility index (Phi) is 4.92. The van der Waals surface area contributed by atoms with E-state index in [2.05, 4.69) is 5.32 Å². The molecule has 1 unspecified atom stereocenters. The van der Waals surface area contributed by atoms with E-state index in [0.29, 0.717) is 10.6 Å². The number of aliphatic hydroxyl groups is 1. The highest BCUT2D eigenvalue weighted by atomic mass is 35.5. The molecule has 1 aromatic carbocycles. The molecule has 0 aromatic heterocycles. The molecule has 1 rings (SSSR count). The lowest BCUT2D eigenvalue weighted by molar-refractivity contribution is -0.00342. The second-order valence-corrected chi connectivity index (χ2v) is 3.68. The quantitative estimate of drug-likeness (QED) is 0.748. The predicted octanol–water partition coefficient (Wildman–Crippen LogP) is 1.76. The van der Waals surface area contributed by atoms with E-state index in [0.717, 1.165) is 0 Å². The van der Waals surface area contributed by atoms with Crippen molar-refractivity contribution in [1.29, 1.82) is 0 Å². The topological polar surface area (TPSA) is 52.5 Å². The number of nitrogens with one attached hydrogen (secondary N) is 1. The maximum atomic E-state index is 11.9. The minimum Gasteiger partial charge on any atom is -0.508 e. The Bertz CT molecular complexity index is 329. The van der Waals surface area contributed by atoms with Crippen LogP contribution in [0.4, 0.5) is 8.78 Å². The molecule has 16 heavy (non-hydrogen) atoms. The number of phenolic OH excluding ortho intramolecular Hbond substituents is 1. The third-order valence-electron chi connectivity index (χ3n) is 2.04. The zero-order valence-corrected chi connectivity index (χ0v) is 9.09. The molecule has 0 radical (unpaired) electrons. The van der Waals surface area contributed by atoms with Gasteiger partial charge in [0, 0.05) is 23.7 Å². The van der Waals surface area contributed by atoms with Crippen LogP contribution in [0.5, 0.6) is 5.75 Å². The molecule has 0 aliphatic carbocycles. The summed E-state index contributed by atoms with van der Waals surface area (Å²) in [5.41, 5.74) is 0.422. The zero-order valence-electron chi connectivity index (χ0n) is 8.33. The molecular weight excluding hydrogens is 240 g/mol. The van der Waals surface area contributed by atoms with E-state index in [1.807, 2.05) is 0 Å². The van der Waals surface area contributed by atoms with Crippen molar-refractivity contribution in [1.82, 2.24) is 5.32 Å². The summed E-state index contributed by atoms with van der Waals surface area (Å²) in [5.74, 6) is -0.00784. The summed E-state index contributed by atoms with van der Waals surface area (Å²) < 4.78 is 23.9. The van der Waals surface area contributed by atoms with Crippen molar-refractivity contribution in [2.75, 3.05) is 6.54 Å². The molecule has 0 aliphatic rings. The number of hydrogen-bond acceptors (Lipinski definition) is 3.